The lowest BCUT2D eigenvalue weighted by molar-refractivity contribution is 0.161. The van der Waals surface area contributed by atoms with Gasteiger partial charge < -0.3 is 9.79 Å². The van der Waals surface area contributed by atoms with Gasteiger partial charge in [0.15, 0.2) is 0 Å². The van der Waals surface area contributed by atoms with Gasteiger partial charge in [0.2, 0.25) is 0 Å². The Morgan fingerprint density at radius 2 is 1.48 bits per heavy atom. The Labute approximate surface area is 167 Å². The average Bonchev–Trinajstić information content (AvgIpc) is 2.53. The standard InChI is InChI=1S/C14H22.C8H19O4P/c1-13(2,3)11-8-7-9-12(10-11)14(4,5)6;1-3-5-6-8(4-2)7-12-13(9,10)11/h7-10H,1-6H3;8H,3-7H2,1-2H3,(H2,9,10,11). The molecule has 0 spiro atoms. The summed E-state index contributed by atoms with van der Waals surface area (Å²) in [5.41, 5.74) is 3.34. The largest absolute Gasteiger partial charge is 0.469 e. The van der Waals surface area contributed by atoms with Crippen molar-refractivity contribution in [1.82, 2.24) is 0 Å². The molecule has 158 valence electrons. The van der Waals surface area contributed by atoms with Crippen LogP contribution in [0.1, 0.15) is 92.2 Å². The van der Waals surface area contributed by atoms with Crippen LogP contribution in [0.2, 0.25) is 0 Å². The van der Waals surface area contributed by atoms with Crippen molar-refractivity contribution in [2.75, 3.05) is 6.61 Å². The van der Waals surface area contributed by atoms with E-state index in [-0.39, 0.29) is 23.4 Å². The zero-order valence-electron chi connectivity index (χ0n) is 18.6. The lowest BCUT2D eigenvalue weighted by atomic mass is 9.81. The van der Waals surface area contributed by atoms with E-state index in [0.29, 0.717) is 0 Å². The predicted molar refractivity (Wildman–Crippen MR) is 115 cm³/mol. The number of phosphoric acid groups is 1. The van der Waals surface area contributed by atoms with Crippen molar-refractivity contribution in [2.24, 2.45) is 5.92 Å². The van der Waals surface area contributed by atoms with Gasteiger partial charge in [-0.2, -0.15) is 0 Å². The Morgan fingerprint density at radius 1 is 1.00 bits per heavy atom. The Balaban J connectivity index is 0.000000503. The summed E-state index contributed by atoms with van der Waals surface area (Å²) in [5, 5.41) is 0. The first kappa shape index (κ1) is 26.3. The highest BCUT2D eigenvalue weighted by Crippen LogP contribution is 2.37. The summed E-state index contributed by atoms with van der Waals surface area (Å²) in [5.74, 6) is 0.271. The highest BCUT2D eigenvalue weighted by molar-refractivity contribution is 7.46. The van der Waals surface area contributed by atoms with Gasteiger partial charge in [-0.15, -0.1) is 0 Å². The van der Waals surface area contributed by atoms with Crippen LogP contribution in [0.3, 0.4) is 0 Å². The molecule has 0 aliphatic rings. The lowest BCUT2D eigenvalue weighted by Gasteiger charge is -2.24. The maximum absolute atomic E-state index is 10.4. The first-order valence-electron chi connectivity index (χ1n) is 10.0. The molecule has 0 heterocycles. The predicted octanol–water partition coefficient (Wildman–Crippen LogP) is 6.59. The van der Waals surface area contributed by atoms with Crippen LogP contribution in [0, 0.1) is 5.92 Å². The van der Waals surface area contributed by atoms with E-state index in [1.807, 2.05) is 6.92 Å². The molecule has 1 aromatic carbocycles. The molecule has 0 aliphatic carbocycles. The molecule has 27 heavy (non-hydrogen) atoms. The molecule has 0 saturated heterocycles. The van der Waals surface area contributed by atoms with Gasteiger partial charge in [0.1, 0.15) is 0 Å². The van der Waals surface area contributed by atoms with Crippen LogP contribution >= 0.6 is 7.82 Å². The quantitative estimate of drug-likeness (QED) is 0.506. The van der Waals surface area contributed by atoms with Gasteiger partial charge in [-0.05, 0) is 34.3 Å². The van der Waals surface area contributed by atoms with E-state index in [4.69, 9.17) is 9.79 Å². The van der Waals surface area contributed by atoms with E-state index in [1.54, 1.807) is 0 Å². The highest BCUT2D eigenvalue weighted by Gasteiger charge is 2.18. The molecule has 0 saturated carbocycles. The normalized spacial score (nSPS) is 13.7. The fraction of sp³-hybridized carbons (Fsp3) is 0.727. The fourth-order valence-corrected chi connectivity index (χ4v) is 2.96. The molecule has 2 N–H and O–H groups in total. The highest BCUT2D eigenvalue weighted by atomic mass is 31.2. The Bertz CT molecular complexity index is 549. The third-order valence-electron chi connectivity index (χ3n) is 4.62. The topological polar surface area (TPSA) is 66.8 Å². The molecule has 0 bridgehead atoms. The van der Waals surface area contributed by atoms with Crippen molar-refractivity contribution in [3.05, 3.63) is 35.4 Å². The van der Waals surface area contributed by atoms with Gasteiger partial charge in [-0.1, -0.05) is 98.9 Å². The SMILES string of the molecule is CC(C)(C)c1cccc(C(C)(C)C)c1.CCCCC(CC)COP(=O)(O)O. The van der Waals surface area contributed by atoms with Gasteiger partial charge in [-0.3, -0.25) is 4.52 Å². The van der Waals surface area contributed by atoms with Crippen molar-refractivity contribution in [3.63, 3.8) is 0 Å². The number of benzene rings is 1. The number of phosphoric ester groups is 1. The van der Waals surface area contributed by atoms with Crippen LogP contribution in [-0.2, 0) is 19.9 Å². The second-order valence-corrected chi connectivity index (χ2v) is 10.5. The maximum atomic E-state index is 10.4. The zero-order chi connectivity index (χ0) is 21.3. The van der Waals surface area contributed by atoms with Crippen LogP contribution < -0.4 is 0 Å². The molecule has 1 unspecified atom stereocenters. The lowest BCUT2D eigenvalue weighted by Crippen LogP contribution is -2.15. The van der Waals surface area contributed by atoms with Gasteiger partial charge in [0, 0.05) is 0 Å². The molecule has 0 aromatic heterocycles. The summed E-state index contributed by atoms with van der Waals surface area (Å²) in [6.07, 6.45) is 4.07. The average molecular weight is 401 g/mol. The second kappa shape index (κ2) is 11.4. The molecule has 0 amide bonds. The first-order chi connectivity index (χ1) is 12.2. The smallest absolute Gasteiger partial charge is 0.303 e. The fourth-order valence-electron chi connectivity index (χ4n) is 2.55. The van der Waals surface area contributed by atoms with Crippen molar-refractivity contribution < 1.29 is 18.9 Å². The number of hydrogen-bond acceptors (Lipinski definition) is 2. The monoisotopic (exact) mass is 400 g/mol. The number of hydrogen-bond donors (Lipinski definition) is 2. The van der Waals surface area contributed by atoms with E-state index in [2.05, 4.69) is 77.3 Å². The summed E-state index contributed by atoms with van der Waals surface area (Å²) in [6, 6.07) is 8.94. The molecule has 5 heteroatoms. The number of unbranched alkanes of at least 4 members (excludes halogenated alkanes) is 1. The minimum atomic E-state index is -4.26. The van der Waals surface area contributed by atoms with E-state index >= 15 is 0 Å². The third-order valence-corrected chi connectivity index (χ3v) is 5.10. The molecule has 4 nitrogen and oxygen atoms in total. The summed E-state index contributed by atoms with van der Waals surface area (Å²) < 4.78 is 14.8. The minimum absolute atomic E-state index is 0.167. The van der Waals surface area contributed by atoms with Gasteiger partial charge in [0.25, 0.3) is 0 Å². The van der Waals surface area contributed by atoms with Crippen molar-refractivity contribution in [3.8, 4) is 0 Å². The molecular weight excluding hydrogens is 359 g/mol. The van der Waals surface area contributed by atoms with Crippen LogP contribution in [0.25, 0.3) is 0 Å². The first-order valence-corrected chi connectivity index (χ1v) is 11.5. The second-order valence-electron chi connectivity index (χ2n) is 9.28. The summed E-state index contributed by atoms with van der Waals surface area (Å²) in [4.78, 5) is 17.0. The van der Waals surface area contributed by atoms with Crippen LogP contribution in [-0.4, -0.2) is 16.4 Å². The molecular formula is C22H41O4P. The summed E-state index contributed by atoms with van der Waals surface area (Å²) in [7, 11) is -4.26. The molecule has 0 aliphatic heterocycles. The van der Waals surface area contributed by atoms with E-state index in [1.165, 1.54) is 11.1 Å². The van der Waals surface area contributed by atoms with Gasteiger partial charge in [0.05, 0.1) is 6.61 Å². The third kappa shape index (κ3) is 12.4. The van der Waals surface area contributed by atoms with E-state index in [0.717, 1.165) is 25.7 Å². The minimum Gasteiger partial charge on any atom is -0.303 e. The summed E-state index contributed by atoms with van der Waals surface area (Å²) >= 11 is 0. The van der Waals surface area contributed by atoms with Crippen LogP contribution in [0.15, 0.2) is 24.3 Å². The van der Waals surface area contributed by atoms with Crippen molar-refractivity contribution >= 4 is 7.82 Å². The molecule has 0 radical (unpaired) electrons. The molecule has 1 atom stereocenters. The van der Waals surface area contributed by atoms with Crippen molar-refractivity contribution in [2.45, 2.75) is 91.9 Å². The maximum Gasteiger partial charge on any atom is 0.469 e. The van der Waals surface area contributed by atoms with Gasteiger partial charge >= 0.3 is 7.82 Å². The van der Waals surface area contributed by atoms with Crippen LogP contribution in [0.4, 0.5) is 0 Å². The van der Waals surface area contributed by atoms with Crippen LogP contribution in [0.5, 0.6) is 0 Å². The van der Waals surface area contributed by atoms with Gasteiger partial charge in [-0.25, -0.2) is 4.57 Å². The zero-order valence-corrected chi connectivity index (χ0v) is 19.5. The summed E-state index contributed by atoms with van der Waals surface area (Å²) in [6.45, 7) is 17.8. The Morgan fingerprint density at radius 3 is 1.81 bits per heavy atom. The van der Waals surface area contributed by atoms with E-state index in [9.17, 15) is 4.57 Å². The van der Waals surface area contributed by atoms with Crippen molar-refractivity contribution in [1.29, 1.82) is 0 Å². The molecule has 1 rings (SSSR count). The Kier molecular flexibility index (Phi) is 11.1. The van der Waals surface area contributed by atoms with E-state index < -0.39 is 7.82 Å². The molecule has 1 aromatic rings. The Hall–Kier alpha value is -0.670. The number of rotatable bonds is 7. The molecule has 0 fully saturated rings.